The molecule has 0 aliphatic heterocycles. The summed E-state index contributed by atoms with van der Waals surface area (Å²) in [6, 6.07) is 4.51. The third-order valence-corrected chi connectivity index (χ3v) is 2.37. The summed E-state index contributed by atoms with van der Waals surface area (Å²) in [6.07, 6.45) is 0. The van der Waals surface area contributed by atoms with E-state index in [-0.39, 0.29) is 5.43 Å². The normalized spacial score (nSPS) is 10.8. The van der Waals surface area contributed by atoms with Crippen molar-refractivity contribution in [1.82, 2.24) is 0 Å². The number of hydrogen-bond donors (Lipinski definition) is 0. The van der Waals surface area contributed by atoms with Gasteiger partial charge >= 0.3 is 0 Å². The zero-order valence-electron chi connectivity index (χ0n) is 7.30. The monoisotopic (exact) mass is 228 g/mol. The van der Waals surface area contributed by atoms with E-state index in [1.165, 1.54) is 6.07 Å². The number of fused-ring (bicyclic) bond motifs is 1. The molecule has 0 saturated carbocycles. The zero-order chi connectivity index (χ0) is 10.3. The van der Waals surface area contributed by atoms with Gasteiger partial charge in [0.05, 0.1) is 10.4 Å². The van der Waals surface area contributed by atoms with Crippen LogP contribution >= 0.6 is 23.2 Å². The number of hydrogen-bond acceptors (Lipinski definition) is 2. The molecule has 0 fully saturated rings. The molecule has 0 N–H and O–H groups in total. The Labute approximate surface area is 90.1 Å². The lowest BCUT2D eigenvalue weighted by molar-refractivity contribution is 0.565. The molecule has 0 saturated heterocycles. The van der Waals surface area contributed by atoms with Crippen molar-refractivity contribution >= 4 is 34.2 Å². The Morgan fingerprint density at radius 1 is 1.21 bits per heavy atom. The van der Waals surface area contributed by atoms with Crippen molar-refractivity contribution in [2.75, 3.05) is 0 Å². The van der Waals surface area contributed by atoms with Crippen LogP contribution in [0.15, 0.2) is 27.4 Å². The van der Waals surface area contributed by atoms with Crippen LogP contribution in [0.5, 0.6) is 0 Å². The van der Waals surface area contributed by atoms with Crippen molar-refractivity contribution in [3.63, 3.8) is 0 Å². The average Bonchev–Trinajstić information content (AvgIpc) is 2.07. The van der Waals surface area contributed by atoms with Gasteiger partial charge in [0.1, 0.15) is 5.76 Å². The van der Waals surface area contributed by atoms with Gasteiger partial charge in [0.25, 0.3) is 0 Å². The summed E-state index contributed by atoms with van der Waals surface area (Å²) in [7, 11) is 0. The molecule has 0 radical (unpaired) electrons. The molecule has 0 unspecified atom stereocenters. The molecule has 0 spiro atoms. The first-order chi connectivity index (χ1) is 6.58. The molecule has 4 heteroatoms. The van der Waals surface area contributed by atoms with Gasteiger partial charge in [-0.1, -0.05) is 23.2 Å². The first kappa shape index (κ1) is 9.56. The maximum atomic E-state index is 11.5. The van der Waals surface area contributed by atoms with Gasteiger partial charge in [-0.05, 0) is 19.1 Å². The van der Waals surface area contributed by atoms with E-state index in [1.807, 2.05) is 0 Å². The minimum Gasteiger partial charge on any atom is -0.460 e. The highest BCUT2D eigenvalue weighted by atomic mass is 35.5. The fourth-order valence-corrected chi connectivity index (χ4v) is 1.83. The lowest BCUT2D eigenvalue weighted by Gasteiger charge is -2.01. The van der Waals surface area contributed by atoms with E-state index in [0.717, 1.165) is 0 Å². The van der Waals surface area contributed by atoms with Crippen molar-refractivity contribution in [3.05, 3.63) is 44.2 Å². The second kappa shape index (κ2) is 3.30. The molecule has 0 amide bonds. The molecule has 72 valence electrons. The summed E-state index contributed by atoms with van der Waals surface area (Å²) in [4.78, 5) is 11.5. The van der Waals surface area contributed by atoms with E-state index in [1.54, 1.807) is 19.1 Å². The Balaban J connectivity index is 3.02. The number of aryl methyl sites for hydroxylation is 1. The molecule has 1 aromatic heterocycles. The standard InChI is InChI=1S/C10H6Cl2O2/c1-5-2-9(13)7-3-6(11)4-8(12)10(7)14-5/h2-4H,1H3. The van der Waals surface area contributed by atoms with Crippen LogP contribution in [0, 0.1) is 6.92 Å². The predicted octanol–water partition coefficient (Wildman–Crippen LogP) is 3.41. The summed E-state index contributed by atoms with van der Waals surface area (Å²) in [5, 5.41) is 1.19. The first-order valence-electron chi connectivity index (χ1n) is 3.97. The van der Waals surface area contributed by atoms with Gasteiger partial charge in [-0.3, -0.25) is 4.79 Å². The highest BCUT2D eigenvalue weighted by Gasteiger charge is 2.07. The fraction of sp³-hybridized carbons (Fsp3) is 0.100. The highest BCUT2D eigenvalue weighted by Crippen LogP contribution is 2.26. The van der Waals surface area contributed by atoms with Crippen LogP contribution in [-0.2, 0) is 0 Å². The molecule has 0 aliphatic rings. The van der Waals surface area contributed by atoms with Crippen molar-refractivity contribution < 1.29 is 4.42 Å². The molecule has 2 aromatic rings. The van der Waals surface area contributed by atoms with E-state index in [4.69, 9.17) is 27.6 Å². The van der Waals surface area contributed by atoms with E-state index >= 15 is 0 Å². The molecule has 14 heavy (non-hydrogen) atoms. The van der Waals surface area contributed by atoms with Crippen LogP contribution in [0.2, 0.25) is 10.0 Å². The van der Waals surface area contributed by atoms with Crippen molar-refractivity contribution in [3.8, 4) is 0 Å². The Bertz CT molecular complexity index is 558. The van der Waals surface area contributed by atoms with E-state index < -0.39 is 0 Å². The van der Waals surface area contributed by atoms with E-state index in [2.05, 4.69) is 0 Å². The van der Waals surface area contributed by atoms with Gasteiger partial charge in [0.2, 0.25) is 0 Å². The minimum absolute atomic E-state index is 0.131. The fourth-order valence-electron chi connectivity index (χ4n) is 1.30. The number of halogens is 2. The first-order valence-corrected chi connectivity index (χ1v) is 4.73. The van der Waals surface area contributed by atoms with Gasteiger partial charge in [-0.25, -0.2) is 0 Å². The summed E-state index contributed by atoms with van der Waals surface area (Å²) < 4.78 is 5.34. The van der Waals surface area contributed by atoms with Gasteiger partial charge in [-0.2, -0.15) is 0 Å². The van der Waals surface area contributed by atoms with E-state index in [9.17, 15) is 4.79 Å². The van der Waals surface area contributed by atoms with Crippen LogP contribution < -0.4 is 5.43 Å². The van der Waals surface area contributed by atoms with Gasteiger partial charge < -0.3 is 4.42 Å². The predicted molar refractivity (Wildman–Crippen MR) is 57.2 cm³/mol. The lowest BCUT2D eigenvalue weighted by atomic mass is 10.2. The van der Waals surface area contributed by atoms with Crippen molar-refractivity contribution in [2.24, 2.45) is 0 Å². The molecule has 2 nitrogen and oxygen atoms in total. The van der Waals surface area contributed by atoms with Crippen LogP contribution in [0.3, 0.4) is 0 Å². The summed E-state index contributed by atoms with van der Waals surface area (Å²) in [6.45, 7) is 1.70. The highest BCUT2D eigenvalue weighted by molar-refractivity contribution is 6.38. The Morgan fingerprint density at radius 3 is 2.64 bits per heavy atom. The lowest BCUT2D eigenvalue weighted by Crippen LogP contribution is -2.00. The summed E-state index contributed by atoms with van der Waals surface area (Å²) in [5.74, 6) is 0.534. The topological polar surface area (TPSA) is 30.2 Å². The molecule has 0 atom stereocenters. The Hall–Kier alpha value is -0.990. The van der Waals surface area contributed by atoms with Crippen LogP contribution in [0.1, 0.15) is 5.76 Å². The van der Waals surface area contributed by atoms with Crippen LogP contribution in [0.25, 0.3) is 11.0 Å². The maximum absolute atomic E-state index is 11.5. The van der Waals surface area contributed by atoms with Gasteiger partial charge in [0.15, 0.2) is 11.0 Å². The number of rotatable bonds is 0. The second-order valence-corrected chi connectivity index (χ2v) is 3.83. The third-order valence-electron chi connectivity index (χ3n) is 1.87. The van der Waals surface area contributed by atoms with Gasteiger partial charge in [-0.15, -0.1) is 0 Å². The molecule has 0 bridgehead atoms. The second-order valence-electron chi connectivity index (χ2n) is 2.99. The molecular formula is C10H6Cl2O2. The summed E-state index contributed by atoms with van der Waals surface area (Å²) in [5.41, 5.74) is 0.259. The average molecular weight is 229 g/mol. The van der Waals surface area contributed by atoms with Crippen molar-refractivity contribution in [2.45, 2.75) is 6.92 Å². The van der Waals surface area contributed by atoms with Crippen LogP contribution in [0.4, 0.5) is 0 Å². The minimum atomic E-state index is -0.131. The molecule has 2 rings (SSSR count). The largest absolute Gasteiger partial charge is 0.460 e. The Morgan fingerprint density at radius 2 is 1.93 bits per heavy atom. The quantitative estimate of drug-likeness (QED) is 0.692. The SMILES string of the molecule is Cc1cc(=O)c2cc(Cl)cc(Cl)c2o1. The molecule has 0 aliphatic carbocycles. The zero-order valence-corrected chi connectivity index (χ0v) is 8.82. The van der Waals surface area contributed by atoms with E-state index in [0.29, 0.717) is 26.8 Å². The van der Waals surface area contributed by atoms with Gasteiger partial charge in [0, 0.05) is 11.1 Å². The smallest absolute Gasteiger partial charge is 0.193 e. The molecule has 1 aromatic carbocycles. The maximum Gasteiger partial charge on any atom is 0.193 e. The van der Waals surface area contributed by atoms with Crippen LogP contribution in [-0.4, -0.2) is 0 Å². The van der Waals surface area contributed by atoms with Crippen molar-refractivity contribution in [1.29, 1.82) is 0 Å². The third kappa shape index (κ3) is 1.51. The molecule has 1 heterocycles. The Kier molecular flexibility index (Phi) is 2.25. The summed E-state index contributed by atoms with van der Waals surface area (Å²) >= 11 is 11.7. The molecular weight excluding hydrogens is 223 g/mol. The number of benzene rings is 1.